The fourth-order valence-corrected chi connectivity index (χ4v) is 3.69. The minimum atomic E-state index is -1.17. The van der Waals surface area contributed by atoms with E-state index in [-0.39, 0.29) is 0 Å². The Bertz CT molecular complexity index is 394. The van der Waals surface area contributed by atoms with Gasteiger partial charge in [-0.25, -0.2) is 8.78 Å². The first-order valence-corrected chi connectivity index (χ1v) is 9.25. The lowest BCUT2D eigenvalue weighted by Gasteiger charge is -2.14. The lowest BCUT2D eigenvalue weighted by Crippen LogP contribution is -2.23. The molecule has 0 saturated heterocycles. The Hall–Kier alpha value is -0.783. The molecule has 5 heteroatoms. The molecule has 0 amide bonds. The van der Waals surface area contributed by atoms with E-state index in [1.54, 1.807) is 6.07 Å². The molecule has 0 aliphatic heterocycles. The lowest BCUT2D eigenvalue weighted by atomic mass is 10.1. The summed E-state index contributed by atoms with van der Waals surface area (Å²) in [5.74, 6) is -1.56. The van der Waals surface area contributed by atoms with Crippen LogP contribution in [0.3, 0.4) is 0 Å². The zero-order chi connectivity index (χ0) is 15.5. The average molecular weight is 315 g/mol. The van der Waals surface area contributed by atoms with Crippen molar-refractivity contribution in [3.63, 3.8) is 0 Å². The molecular formula is C16H25F2O2Si. The van der Waals surface area contributed by atoms with Crippen LogP contribution in [0.25, 0.3) is 0 Å². The van der Waals surface area contributed by atoms with Gasteiger partial charge in [-0.2, -0.15) is 0 Å². The summed E-state index contributed by atoms with van der Waals surface area (Å²) in [6, 6.07) is 5.05. The topological polar surface area (TPSA) is 18.5 Å². The second-order valence-electron chi connectivity index (χ2n) is 5.02. The van der Waals surface area contributed by atoms with Gasteiger partial charge in [0.1, 0.15) is 0 Å². The van der Waals surface area contributed by atoms with Crippen LogP contribution in [0.1, 0.15) is 45.1 Å². The minimum absolute atomic E-state index is 0.751. The third-order valence-corrected chi connectivity index (χ3v) is 4.83. The van der Waals surface area contributed by atoms with Gasteiger partial charge in [0.2, 0.25) is 0 Å². The molecule has 0 aliphatic carbocycles. The maximum atomic E-state index is 13.1. The van der Waals surface area contributed by atoms with Gasteiger partial charge in [0, 0.05) is 13.2 Å². The summed E-state index contributed by atoms with van der Waals surface area (Å²) in [5, 5.41) is 0. The molecule has 0 heterocycles. The van der Waals surface area contributed by atoms with Gasteiger partial charge in [-0.3, -0.25) is 0 Å². The average Bonchev–Trinajstić information content (AvgIpc) is 2.49. The standard InChI is InChI=1S/C16H25F2O2Si/c1-3-10-19-21(20-11-4-2)12-6-5-7-14-8-9-15(17)16(18)13-14/h8-9,13H,3-7,10-12H2,1-2H3. The van der Waals surface area contributed by atoms with Crippen molar-refractivity contribution in [3.05, 3.63) is 35.4 Å². The van der Waals surface area contributed by atoms with Crippen molar-refractivity contribution < 1.29 is 17.6 Å². The van der Waals surface area contributed by atoms with Gasteiger partial charge in [0.25, 0.3) is 0 Å². The Morgan fingerprint density at radius 3 is 2.19 bits per heavy atom. The first-order chi connectivity index (χ1) is 10.2. The van der Waals surface area contributed by atoms with Crippen molar-refractivity contribution >= 4 is 9.28 Å². The second kappa shape index (κ2) is 10.9. The quantitative estimate of drug-likeness (QED) is 0.438. The maximum Gasteiger partial charge on any atom is 0.384 e. The van der Waals surface area contributed by atoms with Crippen LogP contribution in [-0.4, -0.2) is 22.5 Å². The lowest BCUT2D eigenvalue weighted by molar-refractivity contribution is 0.195. The molecule has 1 aromatic carbocycles. The molecule has 0 bridgehead atoms. The number of aryl methyl sites for hydroxylation is 1. The van der Waals surface area contributed by atoms with E-state index in [0.29, 0.717) is 0 Å². The highest BCUT2D eigenvalue weighted by atomic mass is 28.3. The van der Waals surface area contributed by atoms with Crippen LogP contribution in [0.5, 0.6) is 0 Å². The third kappa shape index (κ3) is 7.69. The number of hydrogen-bond acceptors (Lipinski definition) is 2. The van der Waals surface area contributed by atoms with Gasteiger partial charge in [-0.15, -0.1) is 0 Å². The fourth-order valence-electron chi connectivity index (χ4n) is 1.91. The first-order valence-electron chi connectivity index (χ1n) is 7.72. The number of unbranched alkanes of at least 4 members (excludes halogenated alkanes) is 1. The van der Waals surface area contributed by atoms with Crippen LogP contribution < -0.4 is 0 Å². The molecule has 0 N–H and O–H groups in total. The van der Waals surface area contributed by atoms with E-state index in [1.165, 1.54) is 12.1 Å². The van der Waals surface area contributed by atoms with Crippen LogP contribution in [0.4, 0.5) is 8.78 Å². The summed E-state index contributed by atoms with van der Waals surface area (Å²) >= 11 is 0. The van der Waals surface area contributed by atoms with Gasteiger partial charge < -0.3 is 8.85 Å². The molecule has 0 aliphatic rings. The molecule has 0 atom stereocenters. The highest BCUT2D eigenvalue weighted by Crippen LogP contribution is 2.13. The number of rotatable bonds is 11. The van der Waals surface area contributed by atoms with Gasteiger partial charge in [-0.1, -0.05) is 26.3 Å². The summed E-state index contributed by atoms with van der Waals surface area (Å²) in [5.41, 5.74) is 0.839. The highest BCUT2D eigenvalue weighted by molar-refractivity contribution is 6.44. The molecule has 0 spiro atoms. The summed E-state index contributed by atoms with van der Waals surface area (Å²) in [7, 11) is -1.17. The van der Waals surface area contributed by atoms with E-state index < -0.39 is 20.9 Å². The SMILES string of the molecule is CCCO[Si](CCCCc1ccc(F)c(F)c1)OCCC. The van der Waals surface area contributed by atoms with Crippen LogP contribution in [0.15, 0.2) is 18.2 Å². The van der Waals surface area contributed by atoms with E-state index in [9.17, 15) is 8.78 Å². The van der Waals surface area contributed by atoms with Crippen molar-refractivity contribution in [3.8, 4) is 0 Å². The summed E-state index contributed by atoms with van der Waals surface area (Å²) in [6.07, 6.45) is 4.68. The minimum Gasteiger partial charge on any atom is -0.393 e. The van der Waals surface area contributed by atoms with E-state index in [0.717, 1.165) is 56.9 Å². The highest BCUT2D eigenvalue weighted by Gasteiger charge is 2.14. The van der Waals surface area contributed by atoms with E-state index >= 15 is 0 Å². The predicted octanol–water partition coefficient (Wildman–Crippen LogP) is 4.63. The molecule has 119 valence electrons. The van der Waals surface area contributed by atoms with E-state index in [4.69, 9.17) is 8.85 Å². The van der Waals surface area contributed by atoms with E-state index in [2.05, 4.69) is 13.8 Å². The van der Waals surface area contributed by atoms with Crippen LogP contribution in [-0.2, 0) is 15.3 Å². The third-order valence-electron chi connectivity index (χ3n) is 3.01. The zero-order valence-electron chi connectivity index (χ0n) is 13.0. The van der Waals surface area contributed by atoms with Gasteiger partial charge >= 0.3 is 9.28 Å². The first kappa shape index (κ1) is 18.3. The summed E-state index contributed by atoms with van der Waals surface area (Å²) in [6.45, 7) is 5.67. The molecule has 1 radical (unpaired) electrons. The largest absolute Gasteiger partial charge is 0.393 e. The molecule has 0 fully saturated rings. The monoisotopic (exact) mass is 315 g/mol. The van der Waals surface area contributed by atoms with Gasteiger partial charge in [0.05, 0.1) is 0 Å². The molecular weight excluding hydrogens is 290 g/mol. The van der Waals surface area contributed by atoms with Crippen molar-refractivity contribution in [2.75, 3.05) is 13.2 Å². The van der Waals surface area contributed by atoms with Crippen LogP contribution in [0.2, 0.25) is 6.04 Å². The fraction of sp³-hybridized carbons (Fsp3) is 0.625. The second-order valence-corrected chi connectivity index (χ2v) is 6.85. The molecule has 21 heavy (non-hydrogen) atoms. The van der Waals surface area contributed by atoms with E-state index in [1.807, 2.05) is 0 Å². The summed E-state index contributed by atoms with van der Waals surface area (Å²) in [4.78, 5) is 0. The van der Waals surface area contributed by atoms with Gasteiger partial charge in [-0.05, 0) is 49.4 Å². The Labute approximate surface area is 128 Å². The van der Waals surface area contributed by atoms with Crippen LogP contribution in [0, 0.1) is 11.6 Å². The number of halogens is 2. The molecule has 1 aromatic rings. The molecule has 1 rings (SSSR count). The molecule has 2 nitrogen and oxygen atoms in total. The number of benzene rings is 1. The maximum absolute atomic E-state index is 13.1. The smallest absolute Gasteiger partial charge is 0.384 e. The zero-order valence-corrected chi connectivity index (χ0v) is 14.0. The van der Waals surface area contributed by atoms with Gasteiger partial charge in [0.15, 0.2) is 11.6 Å². The Balaban J connectivity index is 2.27. The predicted molar refractivity (Wildman–Crippen MR) is 82.3 cm³/mol. The van der Waals surface area contributed by atoms with Crippen molar-refractivity contribution in [2.45, 2.75) is 52.0 Å². The van der Waals surface area contributed by atoms with Crippen LogP contribution >= 0.6 is 0 Å². The molecule has 0 aromatic heterocycles. The normalized spacial score (nSPS) is 11.3. The molecule has 0 unspecified atom stereocenters. The van der Waals surface area contributed by atoms with Crippen molar-refractivity contribution in [1.29, 1.82) is 0 Å². The van der Waals surface area contributed by atoms with Crippen molar-refractivity contribution in [2.24, 2.45) is 0 Å². The number of hydrogen-bond donors (Lipinski definition) is 0. The Kier molecular flexibility index (Phi) is 9.46. The summed E-state index contributed by atoms with van der Waals surface area (Å²) < 4.78 is 37.4. The Morgan fingerprint density at radius 2 is 1.62 bits per heavy atom. The Morgan fingerprint density at radius 1 is 0.952 bits per heavy atom. The molecule has 0 saturated carbocycles. The van der Waals surface area contributed by atoms with Crippen molar-refractivity contribution in [1.82, 2.24) is 0 Å².